The third-order valence-corrected chi connectivity index (χ3v) is 5.63. The molecule has 2 amide bonds. The maximum absolute atomic E-state index is 12.5. The topological polar surface area (TPSA) is 66.4 Å². The highest BCUT2D eigenvalue weighted by Crippen LogP contribution is 2.42. The lowest BCUT2D eigenvalue weighted by Crippen LogP contribution is -2.54. The fourth-order valence-electron chi connectivity index (χ4n) is 3.97. The Balaban J connectivity index is 1.43. The summed E-state index contributed by atoms with van der Waals surface area (Å²) in [6.07, 6.45) is 9.02. The van der Waals surface area contributed by atoms with E-state index in [2.05, 4.69) is 15.1 Å². The summed E-state index contributed by atoms with van der Waals surface area (Å²) >= 11 is 0. The van der Waals surface area contributed by atoms with Gasteiger partial charge in [0.25, 0.3) is 5.91 Å². The molecular weight excluding hydrogens is 292 g/mol. The number of carbonyl (C=O) groups excluding carboxylic acids is 2. The van der Waals surface area contributed by atoms with Crippen LogP contribution in [-0.4, -0.2) is 57.0 Å². The molecule has 0 radical (unpaired) electrons. The van der Waals surface area contributed by atoms with E-state index in [1.165, 1.54) is 19.0 Å². The fourth-order valence-corrected chi connectivity index (χ4v) is 3.97. The maximum Gasteiger partial charge on any atom is 0.255 e. The zero-order valence-corrected chi connectivity index (χ0v) is 13.3. The van der Waals surface area contributed by atoms with Gasteiger partial charge in [-0.3, -0.25) is 9.59 Å². The van der Waals surface area contributed by atoms with Crippen molar-refractivity contribution in [3.05, 3.63) is 24.0 Å². The molecule has 1 aromatic rings. The Kier molecular flexibility index (Phi) is 3.54. The van der Waals surface area contributed by atoms with E-state index >= 15 is 0 Å². The monoisotopic (exact) mass is 314 g/mol. The summed E-state index contributed by atoms with van der Waals surface area (Å²) < 4.78 is 0. The highest BCUT2D eigenvalue weighted by Gasteiger charge is 2.48. The molecule has 23 heavy (non-hydrogen) atoms. The molecule has 0 bridgehead atoms. The molecule has 1 spiro atoms. The van der Waals surface area contributed by atoms with Crippen molar-refractivity contribution < 1.29 is 9.59 Å². The molecule has 2 saturated heterocycles. The average molecular weight is 314 g/mol. The SMILES string of the molecule is O=C(c1ccnnc1)N1CCC2(CCC(=O)N2CC2CC2)CC1. The van der Waals surface area contributed by atoms with Gasteiger partial charge in [-0.2, -0.15) is 10.2 Å². The fraction of sp³-hybridized carbons (Fsp3) is 0.647. The Bertz CT molecular complexity index is 606. The van der Waals surface area contributed by atoms with Gasteiger partial charge in [-0.15, -0.1) is 0 Å². The van der Waals surface area contributed by atoms with Gasteiger partial charge in [0.1, 0.15) is 0 Å². The van der Waals surface area contributed by atoms with Gasteiger partial charge in [0.2, 0.25) is 5.91 Å². The van der Waals surface area contributed by atoms with Crippen LogP contribution in [0, 0.1) is 5.92 Å². The van der Waals surface area contributed by atoms with Crippen LogP contribution in [0.1, 0.15) is 48.9 Å². The van der Waals surface area contributed by atoms with Crippen molar-refractivity contribution >= 4 is 11.8 Å². The lowest BCUT2D eigenvalue weighted by Gasteiger charge is -2.45. The molecule has 6 heteroatoms. The summed E-state index contributed by atoms with van der Waals surface area (Å²) in [6.45, 7) is 2.37. The number of hydrogen-bond donors (Lipinski definition) is 0. The molecule has 1 saturated carbocycles. The molecule has 3 aliphatic rings. The van der Waals surface area contributed by atoms with Gasteiger partial charge in [-0.1, -0.05) is 0 Å². The summed E-state index contributed by atoms with van der Waals surface area (Å²) in [6, 6.07) is 1.71. The normalized spacial score (nSPS) is 23.6. The number of rotatable bonds is 3. The van der Waals surface area contributed by atoms with Gasteiger partial charge in [-0.05, 0) is 44.1 Å². The summed E-state index contributed by atoms with van der Waals surface area (Å²) in [5.74, 6) is 1.05. The van der Waals surface area contributed by atoms with E-state index in [4.69, 9.17) is 0 Å². The van der Waals surface area contributed by atoms with Gasteiger partial charge in [0, 0.05) is 31.6 Å². The number of nitrogens with zero attached hydrogens (tertiary/aromatic N) is 4. The molecule has 0 atom stereocenters. The molecule has 6 nitrogen and oxygen atoms in total. The summed E-state index contributed by atoms with van der Waals surface area (Å²) in [7, 11) is 0. The zero-order valence-electron chi connectivity index (χ0n) is 13.3. The first-order chi connectivity index (χ1) is 11.2. The van der Waals surface area contributed by atoms with Gasteiger partial charge in [-0.25, -0.2) is 0 Å². The van der Waals surface area contributed by atoms with Crippen LogP contribution >= 0.6 is 0 Å². The minimum absolute atomic E-state index is 0.00689. The van der Waals surface area contributed by atoms with E-state index in [1.807, 2.05) is 4.90 Å². The van der Waals surface area contributed by atoms with Crippen LogP contribution in [0.25, 0.3) is 0 Å². The van der Waals surface area contributed by atoms with Gasteiger partial charge >= 0.3 is 0 Å². The van der Waals surface area contributed by atoms with Crippen LogP contribution in [0.15, 0.2) is 18.5 Å². The molecule has 122 valence electrons. The van der Waals surface area contributed by atoms with Crippen LogP contribution < -0.4 is 0 Å². The summed E-state index contributed by atoms with van der Waals surface area (Å²) in [4.78, 5) is 28.8. The number of piperidine rings is 1. The largest absolute Gasteiger partial charge is 0.338 e. The van der Waals surface area contributed by atoms with E-state index in [0.717, 1.165) is 44.8 Å². The van der Waals surface area contributed by atoms with Crippen molar-refractivity contribution in [2.24, 2.45) is 5.92 Å². The van der Waals surface area contributed by atoms with E-state index in [-0.39, 0.29) is 11.4 Å². The Hall–Kier alpha value is -1.98. The first-order valence-corrected chi connectivity index (χ1v) is 8.54. The number of amides is 2. The molecule has 1 aliphatic carbocycles. The first-order valence-electron chi connectivity index (χ1n) is 8.54. The van der Waals surface area contributed by atoms with E-state index in [0.29, 0.717) is 17.9 Å². The molecule has 1 aromatic heterocycles. The Morgan fingerprint density at radius 2 is 2.00 bits per heavy atom. The molecular formula is C17H22N4O2. The van der Waals surface area contributed by atoms with E-state index < -0.39 is 0 Å². The van der Waals surface area contributed by atoms with Crippen LogP contribution in [0.4, 0.5) is 0 Å². The van der Waals surface area contributed by atoms with Crippen molar-refractivity contribution in [1.82, 2.24) is 20.0 Å². The van der Waals surface area contributed by atoms with Crippen LogP contribution in [0.2, 0.25) is 0 Å². The van der Waals surface area contributed by atoms with Gasteiger partial charge in [0.05, 0.1) is 18.0 Å². The number of aromatic nitrogens is 2. The van der Waals surface area contributed by atoms with Gasteiger partial charge < -0.3 is 9.80 Å². The van der Waals surface area contributed by atoms with Crippen LogP contribution in [-0.2, 0) is 4.79 Å². The van der Waals surface area contributed by atoms with Crippen LogP contribution in [0.3, 0.4) is 0 Å². The predicted octanol–water partition coefficient (Wildman–Crippen LogP) is 1.48. The molecule has 3 heterocycles. The zero-order chi connectivity index (χ0) is 15.9. The standard InChI is InChI=1S/C17H22N4O2/c22-15-3-5-17(21(15)12-13-1-2-13)6-9-20(10-7-17)16(23)14-4-8-18-19-11-14/h4,8,11,13H,1-3,5-7,9-10,12H2. The second-order valence-electron chi connectivity index (χ2n) is 7.10. The van der Waals surface area contributed by atoms with Crippen molar-refractivity contribution in [3.8, 4) is 0 Å². The molecule has 3 fully saturated rings. The van der Waals surface area contributed by atoms with Crippen molar-refractivity contribution in [2.45, 2.75) is 44.1 Å². The van der Waals surface area contributed by atoms with E-state index in [9.17, 15) is 9.59 Å². The van der Waals surface area contributed by atoms with Crippen molar-refractivity contribution in [2.75, 3.05) is 19.6 Å². The lowest BCUT2D eigenvalue weighted by molar-refractivity contribution is -0.132. The van der Waals surface area contributed by atoms with Gasteiger partial charge in [0.15, 0.2) is 0 Å². The minimum atomic E-state index is 0.00689. The molecule has 0 aromatic carbocycles. The smallest absolute Gasteiger partial charge is 0.255 e. The molecule has 0 N–H and O–H groups in total. The molecule has 2 aliphatic heterocycles. The third kappa shape index (κ3) is 2.71. The van der Waals surface area contributed by atoms with Crippen LogP contribution in [0.5, 0.6) is 0 Å². The highest BCUT2D eigenvalue weighted by molar-refractivity contribution is 5.93. The third-order valence-electron chi connectivity index (χ3n) is 5.63. The maximum atomic E-state index is 12.5. The summed E-state index contributed by atoms with van der Waals surface area (Å²) in [5.41, 5.74) is 0.598. The Morgan fingerprint density at radius 3 is 2.65 bits per heavy atom. The molecule has 0 unspecified atom stereocenters. The Morgan fingerprint density at radius 1 is 1.22 bits per heavy atom. The van der Waals surface area contributed by atoms with E-state index in [1.54, 1.807) is 12.3 Å². The number of carbonyl (C=O) groups is 2. The number of likely N-dealkylation sites (tertiary alicyclic amines) is 2. The highest BCUT2D eigenvalue weighted by atomic mass is 16.2. The minimum Gasteiger partial charge on any atom is -0.338 e. The second-order valence-corrected chi connectivity index (χ2v) is 7.10. The summed E-state index contributed by atoms with van der Waals surface area (Å²) in [5, 5.41) is 7.50. The second kappa shape index (κ2) is 5.58. The number of hydrogen-bond acceptors (Lipinski definition) is 4. The Labute approximate surface area is 135 Å². The quantitative estimate of drug-likeness (QED) is 0.847. The first kappa shape index (κ1) is 14.6. The van der Waals surface area contributed by atoms with Crippen molar-refractivity contribution in [1.29, 1.82) is 0 Å². The molecule has 4 rings (SSSR count). The average Bonchev–Trinajstić information content (AvgIpc) is 3.37. The lowest BCUT2D eigenvalue weighted by atomic mass is 9.84. The van der Waals surface area contributed by atoms with Crippen molar-refractivity contribution in [3.63, 3.8) is 0 Å². The predicted molar refractivity (Wildman–Crippen MR) is 83.6 cm³/mol.